The second-order valence-corrected chi connectivity index (χ2v) is 7.12. The van der Waals surface area contributed by atoms with Crippen LogP contribution in [0.5, 0.6) is 0 Å². The number of ether oxygens (including phenoxy) is 1. The van der Waals surface area contributed by atoms with Crippen LogP contribution in [0, 0.1) is 0 Å². The van der Waals surface area contributed by atoms with E-state index in [1.54, 1.807) is 34.6 Å². The molecular formula is C10H21NO5S. The van der Waals surface area contributed by atoms with Gasteiger partial charge in [-0.15, -0.1) is 0 Å². The predicted octanol–water partition coefficient (Wildman–Crippen LogP) is 1.27. The molecule has 0 aliphatic carbocycles. The molecule has 0 atom stereocenters. The van der Waals surface area contributed by atoms with Gasteiger partial charge in [-0.3, -0.25) is 4.18 Å². The Labute approximate surface area is 103 Å². The van der Waals surface area contributed by atoms with Crippen molar-refractivity contribution in [2.75, 3.05) is 12.9 Å². The van der Waals surface area contributed by atoms with Gasteiger partial charge in [0.15, 0.2) is 0 Å². The van der Waals surface area contributed by atoms with E-state index in [4.69, 9.17) is 4.74 Å². The molecule has 1 N–H and O–H groups in total. The fraction of sp³-hybridized carbons (Fsp3) is 0.900. The number of carbonyl (C=O) groups excluding carboxylic acids is 1. The molecule has 0 spiro atoms. The molecule has 0 aliphatic rings. The Kier molecular flexibility index (Phi) is 4.97. The Morgan fingerprint density at radius 3 is 2.00 bits per heavy atom. The van der Waals surface area contributed by atoms with Crippen molar-refractivity contribution in [3.05, 3.63) is 0 Å². The minimum absolute atomic E-state index is 0.148. The molecule has 0 bridgehead atoms. The Bertz CT molecular complexity index is 367. The summed E-state index contributed by atoms with van der Waals surface area (Å²) in [4.78, 5) is 11.5. The van der Waals surface area contributed by atoms with Crippen LogP contribution in [-0.4, -0.2) is 38.5 Å². The molecule has 7 heteroatoms. The zero-order valence-corrected chi connectivity index (χ0v) is 12.0. The molecule has 1 amide bonds. The van der Waals surface area contributed by atoms with E-state index in [9.17, 15) is 13.2 Å². The Hall–Kier alpha value is -0.820. The molecule has 0 saturated carbocycles. The summed E-state index contributed by atoms with van der Waals surface area (Å²) in [6.45, 7) is 8.36. The lowest BCUT2D eigenvalue weighted by Gasteiger charge is -2.27. The number of hydrogen-bond donors (Lipinski definition) is 1. The van der Waals surface area contributed by atoms with Crippen molar-refractivity contribution < 1.29 is 22.1 Å². The van der Waals surface area contributed by atoms with Gasteiger partial charge < -0.3 is 10.1 Å². The highest BCUT2D eigenvalue weighted by Crippen LogP contribution is 2.10. The van der Waals surface area contributed by atoms with Gasteiger partial charge in [0.2, 0.25) is 0 Å². The van der Waals surface area contributed by atoms with Gasteiger partial charge in [0.05, 0.1) is 18.4 Å². The quantitative estimate of drug-likeness (QED) is 0.776. The monoisotopic (exact) mass is 267 g/mol. The largest absolute Gasteiger partial charge is 0.444 e. The van der Waals surface area contributed by atoms with E-state index in [-0.39, 0.29) is 6.61 Å². The summed E-state index contributed by atoms with van der Waals surface area (Å²) in [5.41, 5.74) is -1.43. The minimum Gasteiger partial charge on any atom is -0.444 e. The van der Waals surface area contributed by atoms with E-state index in [0.29, 0.717) is 0 Å². The lowest BCUT2D eigenvalue weighted by Crippen LogP contribution is -2.49. The first-order valence-corrected chi connectivity index (χ1v) is 6.98. The molecular weight excluding hydrogens is 246 g/mol. The fourth-order valence-corrected chi connectivity index (χ4v) is 1.38. The summed E-state index contributed by atoms with van der Waals surface area (Å²) < 4.78 is 31.3. The molecule has 6 nitrogen and oxygen atoms in total. The number of nitrogens with one attached hydrogen (secondary N) is 1. The van der Waals surface area contributed by atoms with Crippen LogP contribution < -0.4 is 5.32 Å². The topological polar surface area (TPSA) is 81.7 Å². The van der Waals surface area contributed by atoms with Crippen molar-refractivity contribution in [3.63, 3.8) is 0 Å². The maximum atomic E-state index is 11.5. The summed E-state index contributed by atoms with van der Waals surface area (Å²) in [7, 11) is -3.52. The molecule has 0 aromatic rings. The van der Waals surface area contributed by atoms with Crippen molar-refractivity contribution in [2.45, 2.75) is 45.8 Å². The molecule has 0 aromatic carbocycles. The minimum atomic E-state index is -3.52. The third kappa shape index (κ3) is 10.1. The van der Waals surface area contributed by atoms with Crippen LogP contribution in [0.4, 0.5) is 4.79 Å². The standard InChI is InChI=1S/C10H21NO5S/c1-9(2,3)16-8(12)11-10(4,5)7-15-17(6,13)14/h7H2,1-6H3,(H,11,12). The third-order valence-corrected chi connectivity index (χ3v) is 2.02. The highest BCUT2D eigenvalue weighted by Gasteiger charge is 2.26. The number of amides is 1. The van der Waals surface area contributed by atoms with Gasteiger partial charge in [0, 0.05) is 0 Å². The smallest absolute Gasteiger partial charge is 0.408 e. The van der Waals surface area contributed by atoms with E-state index < -0.39 is 27.4 Å². The summed E-state index contributed by atoms with van der Waals surface area (Å²) in [6, 6.07) is 0. The fourth-order valence-electron chi connectivity index (χ4n) is 0.870. The molecule has 0 fully saturated rings. The number of carbonyl (C=O) groups is 1. The average Bonchev–Trinajstić information content (AvgIpc) is 1.94. The maximum absolute atomic E-state index is 11.5. The highest BCUT2D eigenvalue weighted by atomic mass is 32.2. The highest BCUT2D eigenvalue weighted by molar-refractivity contribution is 7.85. The Morgan fingerprint density at radius 1 is 1.18 bits per heavy atom. The molecule has 0 saturated heterocycles. The second kappa shape index (κ2) is 5.22. The molecule has 0 unspecified atom stereocenters. The Balaban J connectivity index is 4.31. The van der Waals surface area contributed by atoms with Crippen LogP contribution in [0.2, 0.25) is 0 Å². The number of rotatable bonds is 4. The third-order valence-electron chi connectivity index (χ3n) is 1.47. The van der Waals surface area contributed by atoms with Crippen molar-refractivity contribution in [3.8, 4) is 0 Å². The number of hydrogen-bond acceptors (Lipinski definition) is 5. The lowest BCUT2D eigenvalue weighted by atomic mass is 10.1. The molecule has 0 aliphatic heterocycles. The van der Waals surface area contributed by atoms with E-state index in [1.807, 2.05) is 0 Å². The zero-order valence-electron chi connectivity index (χ0n) is 11.2. The normalized spacial score (nSPS) is 13.3. The molecule has 17 heavy (non-hydrogen) atoms. The van der Waals surface area contributed by atoms with E-state index in [1.165, 1.54) is 0 Å². The zero-order chi connectivity index (χ0) is 13.9. The molecule has 0 rings (SSSR count). The van der Waals surface area contributed by atoms with Gasteiger partial charge >= 0.3 is 6.09 Å². The van der Waals surface area contributed by atoms with Gasteiger partial charge in [0.1, 0.15) is 5.60 Å². The van der Waals surface area contributed by atoms with Crippen LogP contribution in [0.1, 0.15) is 34.6 Å². The van der Waals surface area contributed by atoms with Gasteiger partial charge in [-0.25, -0.2) is 4.79 Å². The van der Waals surface area contributed by atoms with E-state index in [0.717, 1.165) is 6.26 Å². The van der Waals surface area contributed by atoms with Crippen molar-refractivity contribution >= 4 is 16.2 Å². The van der Waals surface area contributed by atoms with Crippen LogP contribution >= 0.6 is 0 Å². The van der Waals surface area contributed by atoms with Crippen molar-refractivity contribution in [1.82, 2.24) is 5.32 Å². The maximum Gasteiger partial charge on any atom is 0.408 e. The lowest BCUT2D eigenvalue weighted by molar-refractivity contribution is 0.0443. The molecule has 102 valence electrons. The van der Waals surface area contributed by atoms with Gasteiger partial charge in [-0.05, 0) is 34.6 Å². The SMILES string of the molecule is CC(C)(COS(C)(=O)=O)NC(=O)OC(C)(C)C. The summed E-state index contributed by atoms with van der Waals surface area (Å²) >= 11 is 0. The first-order chi connectivity index (χ1) is 7.31. The summed E-state index contributed by atoms with van der Waals surface area (Å²) in [6.07, 6.45) is 0.343. The van der Waals surface area contributed by atoms with Crippen LogP contribution in [-0.2, 0) is 19.0 Å². The van der Waals surface area contributed by atoms with Gasteiger partial charge in [0.25, 0.3) is 10.1 Å². The van der Waals surface area contributed by atoms with Crippen LogP contribution in [0.15, 0.2) is 0 Å². The molecule has 0 aromatic heterocycles. The summed E-state index contributed by atoms with van der Waals surface area (Å²) in [5.74, 6) is 0. The number of alkyl carbamates (subject to hydrolysis) is 1. The second-order valence-electron chi connectivity index (χ2n) is 5.48. The summed E-state index contributed by atoms with van der Waals surface area (Å²) in [5, 5.41) is 2.53. The molecule has 0 radical (unpaired) electrons. The van der Waals surface area contributed by atoms with E-state index in [2.05, 4.69) is 9.50 Å². The molecule has 0 heterocycles. The van der Waals surface area contributed by atoms with Gasteiger partial charge in [-0.1, -0.05) is 0 Å². The predicted molar refractivity (Wildman–Crippen MR) is 64.2 cm³/mol. The van der Waals surface area contributed by atoms with Crippen molar-refractivity contribution in [2.24, 2.45) is 0 Å². The van der Waals surface area contributed by atoms with Crippen LogP contribution in [0.3, 0.4) is 0 Å². The van der Waals surface area contributed by atoms with E-state index >= 15 is 0 Å². The average molecular weight is 267 g/mol. The Morgan fingerprint density at radius 2 is 1.65 bits per heavy atom. The first-order valence-electron chi connectivity index (χ1n) is 5.16. The first kappa shape index (κ1) is 16.2. The van der Waals surface area contributed by atoms with Crippen molar-refractivity contribution in [1.29, 1.82) is 0 Å². The van der Waals surface area contributed by atoms with Crippen LogP contribution in [0.25, 0.3) is 0 Å². The van der Waals surface area contributed by atoms with Gasteiger partial charge in [-0.2, -0.15) is 8.42 Å².